The molecule has 10 heteroatoms. The summed E-state index contributed by atoms with van der Waals surface area (Å²) >= 11 is 6.59. The third kappa shape index (κ3) is 9.31. The molecule has 0 bridgehead atoms. The van der Waals surface area contributed by atoms with Crippen LogP contribution in [-0.2, 0) is 32.6 Å². The van der Waals surface area contributed by atoms with E-state index in [2.05, 4.69) is 5.32 Å². The van der Waals surface area contributed by atoms with E-state index in [1.807, 2.05) is 74.5 Å². The molecule has 0 aliphatic rings. The molecule has 0 saturated carbocycles. The van der Waals surface area contributed by atoms with Crippen LogP contribution in [0.2, 0.25) is 5.02 Å². The Hall–Kier alpha value is -5.12. The Morgan fingerprint density at radius 2 is 1.32 bits per heavy atom. The van der Waals surface area contributed by atoms with Gasteiger partial charge in [-0.3, -0.25) is 13.9 Å². The first-order valence-corrected chi connectivity index (χ1v) is 18.3. The fraction of sp³-hybridized carbons (Fsp3) is 0.200. The smallest absolute Gasteiger partial charge is 0.264 e. The highest BCUT2D eigenvalue weighted by Gasteiger charge is 2.35. The van der Waals surface area contributed by atoms with Gasteiger partial charge < -0.3 is 15.0 Å². The first-order valence-electron chi connectivity index (χ1n) is 16.4. The molecular weight excluding hydrogens is 670 g/mol. The van der Waals surface area contributed by atoms with E-state index in [4.69, 9.17) is 16.3 Å². The standard InChI is InChI=1S/C40H40ClN3O5S/c1-3-30(2)42-40(46)38(27-31-15-7-4-8-16-31)43(28-32-17-13-14-22-37(32)41)39(45)29-44(50(47,48)36-20-11-6-12-21-36)33-23-25-35(26-24-33)49-34-18-9-5-10-19-34/h4-26,30,38H,3,27-29H2,1-2H3,(H,42,46)/t30-,38+/m1/s1. The molecular formula is C40H40ClN3O5S. The molecule has 0 aliphatic heterocycles. The lowest BCUT2D eigenvalue weighted by Gasteiger charge is -2.34. The number of hydrogen-bond acceptors (Lipinski definition) is 5. The van der Waals surface area contributed by atoms with Crippen LogP contribution in [0.15, 0.2) is 144 Å². The van der Waals surface area contributed by atoms with E-state index >= 15 is 0 Å². The Kier molecular flexibility index (Phi) is 12.3. The second kappa shape index (κ2) is 17.0. The summed E-state index contributed by atoms with van der Waals surface area (Å²) in [6.45, 7) is 3.26. The largest absolute Gasteiger partial charge is 0.457 e. The van der Waals surface area contributed by atoms with Crippen LogP contribution in [-0.4, -0.2) is 43.8 Å². The second-order valence-corrected chi connectivity index (χ2v) is 14.1. The van der Waals surface area contributed by atoms with E-state index in [9.17, 15) is 18.0 Å². The van der Waals surface area contributed by atoms with Crippen LogP contribution < -0.4 is 14.4 Å². The molecule has 258 valence electrons. The predicted molar refractivity (Wildman–Crippen MR) is 198 cm³/mol. The molecule has 0 radical (unpaired) electrons. The highest BCUT2D eigenvalue weighted by Crippen LogP contribution is 2.29. The molecule has 50 heavy (non-hydrogen) atoms. The SMILES string of the molecule is CC[C@@H](C)NC(=O)[C@H](Cc1ccccc1)N(Cc1ccccc1Cl)C(=O)CN(c1ccc(Oc2ccccc2)cc1)S(=O)(=O)c1ccccc1. The summed E-state index contributed by atoms with van der Waals surface area (Å²) in [6.07, 6.45) is 0.894. The molecule has 0 saturated heterocycles. The first kappa shape index (κ1) is 36.2. The molecule has 5 rings (SSSR count). The fourth-order valence-electron chi connectivity index (χ4n) is 5.36. The Morgan fingerprint density at radius 3 is 1.94 bits per heavy atom. The van der Waals surface area contributed by atoms with Crippen molar-refractivity contribution in [3.05, 3.63) is 156 Å². The van der Waals surface area contributed by atoms with E-state index < -0.39 is 28.5 Å². The number of benzene rings is 5. The summed E-state index contributed by atoms with van der Waals surface area (Å²) < 4.78 is 35.6. The molecule has 8 nitrogen and oxygen atoms in total. The zero-order valence-electron chi connectivity index (χ0n) is 28.0. The van der Waals surface area contributed by atoms with Crippen molar-refractivity contribution in [1.29, 1.82) is 0 Å². The van der Waals surface area contributed by atoms with Crippen LogP contribution in [0.5, 0.6) is 11.5 Å². The van der Waals surface area contributed by atoms with Crippen LogP contribution in [0, 0.1) is 0 Å². The number of para-hydroxylation sites is 1. The molecule has 1 N–H and O–H groups in total. The summed E-state index contributed by atoms with van der Waals surface area (Å²) in [6, 6.07) is 39.1. The highest BCUT2D eigenvalue weighted by molar-refractivity contribution is 7.92. The summed E-state index contributed by atoms with van der Waals surface area (Å²) in [5.74, 6) is 0.200. The van der Waals surface area contributed by atoms with Gasteiger partial charge in [-0.1, -0.05) is 103 Å². The van der Waals surface area contributed by atoms with Crippen molar-refractivity contribution in [2.45, 2.75) is 50.2 Å². The minimum Gasteiger partial charge on any atom is -0.457 e. The van der Waals surface area contributed by atoms with Crippen molar-refractivity contribution in [3.63, 3.8) is 0 Å². The summed E-state index contributed by atoms with van der Waals surface area (Å²) in [4.78, 5) is 30.2. The van der Waals surface area contributed by atoms with Gasteiger partial charge in [0.1, 0.15) is 24.1 Å². The van der Waals surface area contributed by atoms with Crippen molar-refractivity contribution in [2.75, 3.05) is 10.8 Å². The van der Waals surface area contributed by atoms with Crippen LogP contribution >= 0.6 is 11.6 Å². The Balaban J connectivity index is 1.56. The zero-order chi connectivity index (χ0) is 35.5. The van der Waals surface area contributed by atoms with E-state index in [-0.39, 0.29) is 35.5 Å². The molecule has 0 fully saturated rings. The number of carbonyl (C=O) groups is 2. The number of anilines is 1. The lowest BCUT2D eigenvalue weighted by Crippen LogP contribution is -2.54. The maximum Gasteiger partial charge on any atom is 0.264 e. The minimum atomic E-state index is -4.24. The van der Waals surface area contributed by atoms with Crippen molar-refractivity contribution in [3.8, 4) is 11.5 Å². The van der Waals surface area contributed by atoms with Gasteiger partial charge in [-0.2, -0.15) is 0 Å². The fourth-order valence-corrected chi connectivity index (χ4v) is 6.99. The number of sulfonamides is 1. The summed E-state index contributed by atoms with van der Waals surface area (Å²) in [5, 5.41) is 3.47. The minimum absolute atomic E-state index is 0.0189. The molecule has 0 aliphatic carbocycles. The first-order chi connectivity index (χ1) is 24.2. The van der Waals surface area contributed by atoms with Crippen molar-refractivity contribution < 1.29 is 22.7 Å². The molecule has 0 aromatic heterocycles. The van der Waals surface area contributed by atoms with Crippen LogP contribution in [0.4, 0.5) is 5.69 Å². The number of halogens is 1. The van der Waals surface area contributed by atoms with Gasteiger partial charge in [0.15, 0.2) is 0 Å². The summed E-state index contributed by atoms with van der Waals surface area (Å²) in [5.41, 5.74) is 1.72. The maximum atomic E-state index is 14.7. The number of nitrogens with one attached hydrogen (secondary N) is 1. The third-order valence-corrected chi connectivity index (χ3v) is 10.4. The monoisotopic (exact) mass is 709 g/mol. The summed E-state index contributed by atoms with van der Waals surface area (Å²) in [7, 11) is -4.24. The Morgan fingerprint density at radius 1 is 0.760 bits per heavy atom. The maximum absolute atomic E-state index is 14.7. The van der Waals surface area contributed by atoms with Crippen molar-refractivity contribution >= 4 is 39.1 Å². The van der Waals surface area contributed by atoms with Crippen LogP contribution in [0.1, 0.15) is 31.4 Å². The second-order valence-electron chi connectivity index (χ2n) is 11.9. The lowest BCUT2D eigenvalue weighted by atomic mass is 10.0. The Labute approximate surface area is 299 Å². The Bertz CT molecular complexity index is 1960. The van der Waals surface area contributed by atoms with Gasteiger partial charge in [-0.05, 0) is 79.1 Å². The average molecular weight is 710 g/mol. The predicted octanol–water partition coefficient (Wildman–Crippen LogP) is 7.88. The van der Waals surface area contributed by atoms with Crippen molar-refractivity contribution in [1.82, 2.24) is 10.2 Å². The quantitative estimate of drug-likeness (QED) is 0.119. The normalized spacial score (nSPS) is 12.4. The number of carbonyl (C=O) groups excluding carboxylic acids is 2. The van der Waals surface area contributed by atoms with Crippen LogP contribution in [0.3, 0.4) is 0 Å². The number of ether oxygens (including phenoxy) is 1. The number of hydrogen-bond donors (Lipinski definition) is 1. The third-order valence-electron chi connectivity index (χ3n) is 8.28. The molecule has 0 heterocycles. The highest BCUT2D eigenvalue weighted by atomic mass is 35.5. The number of rotatable bonds is 15. The topological polar surface area (TPSA) is 96.0 Å². The van der Waals surface area contributed by atoms with E-state index in [1.54, 1.807) is 66.7 Å². The average Bonchev–Trinajstić information content (AvgIpc) is 3.14. The zero-order valence-corrected chi connectivity index (χ0v) is 29.6. The molecule has 5 aromatic rings. The molecule has 2 amide bonds. The lowest BCUT2D eigenvalue weighted by molar-refractivity contribution is -0.140. The van der Waals surface area contributed by atoms with Gasteiger partial charge in [0.05, 0.1) is 10.6 Å². The van der Waals surface area contributed by atoms with Gasteiger partial charge in [0.2, 0.25) is 11.8 Å². The van der Waals surface area contributed by atoms with E-state index in [0.717, 1.165) is 9.87 Å². The van der Waals surface area contributed by atoms with Gasteiger partial charge in [0, 0.05) is 24.0 Å². The molecule has 0 spiro atoms. The van der Waals surface area contributed by atoms with Gasteiger partial charge in [-0.15, -0.1) is 0 Å². The number of amides is 2. The molecule has 0 unspecified atom stereocenters. The van der Waals surface area contributed by atoms with Gasteiger partial charge in [0.25, 0.3) is 10.0 Å². The molecule has 2 atom stereocenters. The van der Waals surface area contributed by atoms with E-state index in [0.29, 0.717) is 28.5 Å². The molecule has 5 aromatic carbocycles. The van der Waals surface area contributed by atoms with Gasteiger partial charge >= 0.3 is 0 Å². The van der Waals surface area contributed by atoms with E-state index in [1.165, 1.54) is 17.0 Å². The van der Waals surface area contributed by atoms with Gasteiger partial charge in [-0.25, -0.2) is 8.42 Å². The number of nitrogens with zero attached hydrogens (tertiary/aromatic N) is 2. The van der Waals surface area contributed by atoms with Crippen LogP contribution in [0.25, 0.3) is 0 Å². The van der Waals surface area contributed by atoms with Crippen molar-refractivity contribution in [2.24, 2.45) is 0 Å².